The van der Waals surface area contributed by atoms with E-state index in [1.165, 1.54) is 12.1 Å². The normalized spacial score (nSPS) is 20.1. The first-order valence-electron chi connectivity index (χ1n) is 5.92. The van der Waals surface area contributed by atoms with Crippen LogP contribution in [0.2, 0.25) is 0 Å². The van der Waals surface area contributed by atoms with Gasteiger partial charge in [-0.2, -0.15) is 0 Å². The van der Waals surface area contributed by atoms with Crippen LogP contribution in [0.4, 0.5) is 5.69 Å². The van der Waals surface area contributed by atoms with E-state index in [-0.39, 0.29) is 11.5 Å². The maximum absolute atomic E-state index is 12.1. The molecule has 1 saturated carbocycles. The number of aromatic carboxylic acids is 1. The predicted molar refractivity (Wildman–Crippen MR) is 63.8 cm³/mol. The number of fused-ring (bicyclic) bond motifs is 1. The molecule has 0 saturated heterocycles. The number of hydrogen-bond donors (Lipinski definition) is 2. The lowest BCUT2D eigenvalue weighted by Gasteiger charge is -2.37. The van der Waals surface area contributed by atoms with Crippen LogP contribution in [0.15, 0.2) is 18.2 Å². The van der Waals surface area contributed by atoms with Crippen molar-refractivity contribution in [1.82, 2.24) is 0 Å². The summed E-state index contributed by atoms with van der Waals surface area (Å²) >= 11 is 0. The Morgan fingerprint density at radius 3 is 2.78 bits per heavy atom. The molecule has 1 amide bonds. The van der Waals surface area contributed by atoms with Crippen molar-refractivity contribution in [3.63, 3.8) is 0 Å². The number of benzene rings is 1. The minimum Gasteiger partial charge on any atom is -0.490 e. The Balaban J connectivity index is 1.96. The lowest BCUT2D eigenvalue weighted by Crippen LogP contribution is -2.45. The summed E-state index contributed by atoms with van der Waals surface area (Å²) in [5, 5.41) is 11.7. The van der Waals surface area contributed by atoms with Gasteiger partial charge in [-0.05, 0) is 31.0 Å². The number of anilines is 1. The van der Waals surface area contributed by atoms with Crippen LogP contribution < -0.4 is 10.1 Å². The van der Waals surface area contributed by atoms with Crippen molar-refractivity contribution in [2.45, 2.75) is 19.3 Å². The first kappa shape index (κ1) is 11.1. The van der Waals surface area contributed by atoms with Crippen molar-refractivity contribution >= 4 is 17.6 Å². The Bertz CT molecular complexity index is 534. The number of carboxylic acid groups (broad SMARTS) is 1. The van der Waals surface area contributed by atoms with Gasteiger partial charge in [0.1, 0.15) is 12.4 Å². The van der Waals surface area contributed by atoms with Gasteiger partial charge in [0.25, 0.3) is 0 Å². The molecule has 1 heterocycles. The molecule has 5 nitrogen and oxygen atoms in total. The van der Waals surface area contributed by atoms with E-state index >= 15 is 0 Å². The zero-order valence-corrected chi connectivity index (χ0v) is 9.73. The van der Waals surface area contributed by atoms with Crippen LogP contribution in [0.25, 0.3) is 0 Å². The molecule has 1 aromatic rings. The summed E-state index contributed by atoms with van der Waals surface area (Å²) in [6.07, 6.45) is 2.70. The van der Waals surface area contributed by atoms with E-state index in [0.717, 1.165) is 19.3 Å². The summed E-state index contributed by atoms with van der Waals surface area (Å²) in [7, 11) is 0. The second-order valence-electron chi connectivity index (χ2n) is 4.89. The molecule has 0 bridgehead atoms. The number of carbonyl (C=O) groups is 2. The van der Waals surface area contributed by atoms with Crippen LogP contribution in [-0.2, 0) is 4.79 Å². The Kier molecular flexibility index (Phi) is 2.29. The zero-order valence-electron chi connectivity index (χ0n) is 9.73. The summed E-state index contributed by atoms with van der Waals surface area (Å²) in [6, 6.07) is 4.51. The Morgan fingerprint density at radius 1 is 1.39 bits per heavy atom. The number of carbonyl (C=O) groups excluding carboxylic acids is 1. The fourth-order valence-electron chi connectivity index (χ4n) is 2.40. The van der Waals surface area contributed by atoms with E-state index in [4.69, 9.17) is 9.84 Å². The van der Waals surface area contributed by atoms with E-state index in [1.807, 2.05) is 0 Å². The minimum atomic E-state index is -1.02. The predicted octanol–water partition coefficient (Wildman–Crippen LogP) is 1.89. The fourth-order valence-corrected chi connectivity index (χ4v) is 2.40. The van der Waals surface area contributed by atoms with E-state index < -0.39 is 11.4 Å². The summed E-state index contributed by atoms with van der Waals surface area (Å²) in [5.74, 6) is -0.540. The molecule has 0 radical (unpaired) electrons. The summed E-state index contributed by atoms with van der Waals surface area (Å²) < 4.78 is 5.64. The molecule has 94 valence electrons. The number of ether oxygens (including phenoxy) is 1. The lowest BCUT2D eigenvalue weighted by molar-refractivity contribution is -0.132. The van der Waals surface area contributed by atoms with Gasteiger partial charge in [-0.1, -0.05) is 6.42 Å². The monoisotopic (exact) mass is 247 g/mol. The van der Waals surface area contributed by atoms with E-state index in [2.05, 4.69) is 5.32 Å². The van der Waals surface area contributed by atoms with Crippen molar-refractivity contribution in [1.29, 1.82) is 0 Å². The Hall–Kier alpha value is -2.04. The average molecular weight is 247 g/mol. The smallest absolute Gasteiger partial charge is 0.335 e. The molecule has 0 aromatic heterocycles. The number of nitrogens with one attached hydrogen (secondary N) is 1. The van der Waals surface area contributed by atoms with Gasteiger partial charge in [-0.3, -0.25) is 4.79 Å². The van der Waals surface area contributed by atoms with Crippen molar-refractivity contribution in [2.24, 2.45) is 5.41 Å². The molecule has 5 heteroatoms. The van der Waals surface area contributed by atoms with Gasteiger partial charge >= 0.3 is 5.97 Å². The van der Waals surface area contributed by atoms with Crippen LogP contribution in [0.1, 0.15) is 29.6 Å². The molecule has 1 fully saturated rings. The van der Waals surface area contributed by atoms with Crippen molar-refractivity contribution < 1.29 is 19.4 Å². The quantitative estimate of drug-likeness (QED) is 0.794. The van der Waals surface area contributed by atoms with E-state index in [1.54, 1.807) is 6.07 Å². The molecular weight excluding hydrogens is 234 g/mol. The molecule has 1 aliphatic heterocycles. The van der Waals surface area contributed by atoms with Gasteiger partial charge in [-0.25, -0.2) is 4.79 Å². The highest BCUT2D eigenvalue weighted by Crippen LogP contribution is 2.45. The van der Waals surface area contributed by atoms with Gasteiger partial charge in [-0.15, -0.1) is 0 Å². The fraction of sp³-hybridized carbons (Fsp3) is 0.385. The van der Waals surface area contributed by atoms with Crippen LogP contribution in [-0.4, -0.2) is 23.6 Å². The average Bonchev–Trinajstić information content (AvgIpc) is 2.43. The van der Waals surface area contributed by atoms with Crippen molar-refractivity contribution in [2.75, 3.05) is 11.9 Å². The minimum absolute atomic E-state index is 0.0601. The van der Waals surface area contributed by atoms with Gasteiger partial charge in [0.2, 0.25) is 5.91 Å². The van der Waals surface area contributed by atoms with Crippen LogP contribution in [0, 0.1) is 5.41 Å². The molecule has 2 aliphatic rings. The zero-order chi connectivity index (χ0) is 12.8. The molecule has 2 N–H and O–H groups in total. The van der Waals surface area contributed by atoms with E-state index in [0.29, 0.717) is 18.0 Å². The SMILES string of the molecule is O=C(O)c1ccc2c(c1)NC(=O)C1(CCC1)CO2. The molecule has 18 heavy (non-hydrogen) atoms. The highest BCUT2D eigenvalue weighted by atomic mass is 16.5. The first-order valence-corrected chi connectivity index (χ1v) is 5.92. The third-order valence-electron chi connectivity index (χ3n) is 3.77. The number of amides is 1. The number of rotatable bonds is 1. The van der Waals surface area contributed by atoms with Gasteiger partial charge in [0, 0.05) is 0 Å². The first-order chi connectivity index (χ1) is 8.61. The molecule has 1 spiro atoms. The molecule has 3 rings (SSSR count). The van der Waals surface area contributed by atoms with Gasteiger partial charge in [0.05, 0.1) is 16.7 Å². The van der Waals surface area contributed by atoms with Crippen LogP contribution in [0.5, 0.6) is 5.75 Å². The Labute approximate surface area is 104 Å². The Morgan fingerprint density at radius 2 is 2.17 bits per heavy atom. The van der Waals surface area contributed by atoms with Crippen molar-refractivity contribution in [3.05, 3.63) is 23.8 Å². The standard InChI is InChI=1S/C13H13NO4/c15-11(16)8-2-3-10-9(6-8)14-12(17)13(7-18-10)4-1-5-13/h2-3,6H,1,4-5,7H2,(H,14,17)(H,15,16). The van der Waals surface area contributed by atoms with E-state index in [9.17, 15) is 9.59 Å². The van der Waals surface area contributed by atoms with Crippen LogP contribution >= 0.6 is 0 Å². The topological polar surface area (TPSA) is 75.6 Å². The lowest BCUT2D eigenvalue weighted by atomic mass is 9.69. The molecule has 0 unspecified atom stereocenters. The van der Waals surface area contributed by atoms with Crippen LogP contribution in [0.3, 0.4) is 0 Å². The second-order valence-corrected chi connectivity index (χ2v) is 4.89. The highest BCUT2D eigenvalue weighted by molar-refractivity contribution is 5.99. The number of hydrogen-bond acceptors (Lipinski definition) is 3. The maximum Gasteiger partial charge on any atom is 0.335 e. The number of carboxylic acids is 1. The van der Waals surface area contributed by atoms with Gasteiger partial charge in [0.15, 0.2) is 0 Å². The largest absolute Gasteiger partial charge is 0.490 e. The van der Waals surface area contributed by atoms with Gasteiger partial charge < -0.3 is 15.2 Å². The third-order valence-corrected chi connectivity index (χ3v) is 3.77. The summed E-state index contributed by atoms with van der Waals surface area (Å²) in [4.78, 5) is 23.0. The second kappa shape index (κ2) is 3.73. The highest BCUT2D eigenvalue weighted by Gasteiger charge is 2.46. The molecule has 1 aliphatic carbocycles. The summed E-state index contributed by atoms with van der Waals surface area (Å²) in [6.45, 7) is 0.373. The summed E-state index contributed by atoms with van der Waals surface area (Å²) in [5.41, 5.74) is 0.175. The maximum atomic E-state index is 12.1. The molecule has 1 aromatic carbocycles. The van der Waals surface area contributed by atoms with Crippen molar-refractivity contribution in [3.8, 4) is 5.75 Å². The molecule has 0 atom stereocenters. The third kappa shape index (κ3) is 1.54. The molecular formula is C13H13NO4.